The Morgan fingerprint density at radius 1 is 1.25 bits per heavy atom. The van der Waals surface area contributed by atoms with Crippen molar-refractivity contribution in [2.45, 2.75) is 58.4 Å². The number of aromatic nitrogens is 1. The van der Waals surface area contributed by atoms with E-state index in [1.54, 1.807) is 7.05 Å². The van der Waals surface area contributed by atoms with Gasteiger partial charge in [0.1, 0.15) is 6.04 Å². The van der Waals surface area contributed by atoms with Gasteiger partial charge < -0.3 is 34.1 Å². The summed E-state index contributed by atoms with van der Waals surface area (Å²) in [6, 6.07) is -0.548. The number of nitrogen functional groups attached to an aromatic ring is 1. The Morgan fingerprint density at radius 3 is 2.22 bits per heavy atom. The normalized spacial score (nSPS) is 14.9. The molecule has 1 aliphatic rings. The first kappa shape index (κ1) is 32.4. The quantitative estimate of drug-likeness (QED) is 0.253. The number of nitrogens with two attached hydrogens (primary N) is 1. The molecule has 1 aromatic rings. The van der Waals surface area contributed by atoms with Gasteiger partial charge in [0.25, 0.3) is 5.91 Å². The smallest absolute Gasteiger partial charge is 0.545 e. The van der Waals surface area contributed by atoms with Gasteiger partial charge in [0.2, 0.25) is 0 Å². The van der Waals surface area contributed by atoms with Crippen LogP contribution in [0.1, 0.15) is 55.8 Å². The van der Waals surface area contributed by atoms with E-state index in [2.05, 4.69) is 32.5 Å². The molecule has 2 rings (SSSR count). The van der Waals surface area contributed by atoms with Crippen LogP contribution in [0, 0.1) is 26.7 Å². The van der Waals surface area contributed by atoms with Gasteiger partial charge in [0, 0.05) is 14.1 Å². The molecule has 0 radical (unpaired) electrons. The maximum atomic E-state index is 11.7. The van der Waals surface area contributed by atoms with Crippen LogP contribution in [0.3, 0.4) is 0 Å². The Hall–Kier alpha value is -1.77. The van der Waals surface area contributed by atoms with Gasteiger partial charge in [-0.2, -0.15) is 12.8 Å². The molecule has 2 N–H and O–H groups in total. The van der Waals surface area contributed by atoms with Crippen LogP contribution >= 0.6 is 0 Å². The van der Waals surface area contributed by atoms with Gasteiger partial charge in [-0.1, -0.05) is 31.9 Å². The van der Waals surface area contributed by atoms with E-state index in [0.717, 1.165) is 43.4 Å². The summed E-state index contributed by atoms with van der Waals surface area (Å²) in [6.45, 7) is 14.9. The van der Waals surface area contributed by atoms with E-state index in [4.69, 9.17) is 10.5 Å². The maximum Gasteiger partial charge on any atom is 1.00 e. The number of likely N-dealkylation sites (N-methyl/N-ethyl adjacent to an activating group) is 2. The number of unbranched alkanes of at least 4 members (excludes halogenated alkanes) is 1. The number of carbonyl (C=O) groups excluding carboxylic acids is 4. The molecule has 9 heteroatoms. The topological polar surface area (TPSA) is 114 Å². The van der Waals surface area contributed by atoms with E-state index < -0.39 is 0 Å². The fraction of sp³-hybridized carbons (Fsp3) is 0.522. The summed E-state index contributed by atoms with van der Waals surface area (Å²) in [5, 5.41) is 0. The fourth-order valence-electron chi connectivity index (χ4n) is 3.21. The summed E-state index contributed by atoms with van der Waals surface area (Å²) in [7, 11) is 3.18. The molecule has 0 saturated carbocycles. The minimum Gasteiger partial charge on any atom is -0.545 e. The van der Waals surface area contributed by atoms with Crippen LogP contribution in [0.25, 0.3) is 0 Å². The van der Waals surface area contributed by atoms with Crippen LogP contribution in [-0.4, -0.2) is 59.9 Å². The number of carbonyl (C=O) groups is 2. The molecule has 1 aromatic heterocycles. The molecule has 8 nitrogen and oxygen atoms in total. The summed E-state index contributed by atoms with van der Waals surface area (Å²) in [6.07, 6.45) is 8.66. The first-order valence-corrected chi connectivity index (χ1v) is 10.2. The van der Waals surface area contributed by atoms with Crippen molar-refractivity contribution >= 4 is 30.7 Å². The number of aryl methyl sites for hydroxylation is 1. The standard InChI is InChI=1S/C11H18N2O2.C11H15N2O.CHO.Na/c1-5-8(6-2)7-9-10(14)13(4)11(15)12(9)3;1-3-4-5-11-8(2)9(7-14)10(12)6-13-11;1-2;/h8-9H,1-2,5-7H2,3-4H3;6H,3-5,12H2,1-2H3;1H;/q-2;2*-1;+1. The SMILES string of the molecule is CCCCc1ncc(N)c([C-]=O)c1C.[CH-]=O.[CH2-]CC(C[CH2-])CC1C(=O)N(C)C(=O)N1C.[Na+]. The van der Waals surface area contributed by atoms with Crippen LogP contribution in [0.4, 0.5) is 10.5 Å². The van der Waals surface area contributed by atoms with Crippen LogP contribution in [0.2, 0.25) is 0 Å². The number of anilines is 1. The van der Waals surface area contributed by atoms with Crippen LogP contribution in [0.15, 0.2) is 6.20 Å². The molecule has 174 valence electrons. The largest absolute Gasteiger partial charge is 1.00 e. The summed E-state index contributed by atoms with van der Waals surface area (Å²) < 4.78 is 0. The summed E-state index contributed by atoms with van der Waals surface area (Å²) >= 11 is 0. The van der Waals surface area contributed by atoms with E-state index in [1.165, 1.54) is 23.0 Å². The number of pyridine rings is 1. The van der Waals surface area contributed by atoms with Crippen molar-refractivity contribution < 1.29 is 48.7 Å². The molecule has 32 heavy (non-hydrogen) atoms. The molecular formula is C23H34N4NaO4-3. The first-order valence-electron chi connectivity index (χ1n) is 10.2. The molecule has 1 atom stereocenters. The van der Waals surface area contributed by atoms with Crippen molar-refractivity contribution in [1.29, 1.82) is 0 Å². The Bertz CT molecular complexity index is 741. The van der Waals surface area contributed by atoms with Gasteiger partial charge in [0.05, 0.1) is 6.29 Å². The van der Waals surface area contributed by atoms with E-state index in [1.807, 2.05) is 13.2 Å². The van der Waals surface area contributed by atoms with Crippen LogP contribution < -0.4 is 35.3 Å². The number of hydrogen-bond acceptors (Lipinski definition) is 6. The van der Waals surface area contributed by atoms with Gasteiger partial charge in [0.15, 0.2) is 0 Å². The Kier molecular flexibility index (Phi) is 17.0. The van der Waals surface area contributed by atoms with Gasteiger partial charge in [-0.3, -0.25) is 21.5 Å². The molecule has 3 amide bonds. The fourth-order valence-corrected chi connectivity index (χ4v) is 3.21. The van der Waals surface area contributed by atoms with Crippen molar-refractivity contribution in [1.82, 2.24) is 14.8 Å². The third kappa shape index (κ3) is 8.64. The first-order chi connectivity index (χ1) is 14.7. The van der Waals surface area contributed by atoms with E-state index in [-0.39, 0.29) is 47.5 Å². The predicted octanol–water partition coefficient (Wildman–Crippen LogP) is -0.164. The number of nitrogens with zero attached hydrogens (tertiary/aromatic N) is 3. The third-order valence-corrected chi connectivity index (χ3v) is 5.37. The zero-order valence-corrected chi connectivity index (χ0v) is 22.0. The Balaban J connectivity index is 0. The molecule has 2 heterocycles. The Labute approximate surface area is 214 Å². The second-order valence-corrected chi connectivity index (χ2v) is 7.35. The number of amides is 3. The van der Waals surface area contributed by atoms with Crippen molar-refractivity contribution in [2.24, 2.45) is 5.92 Å². The monoisotopic (exact) mass is 453 g/mol. The number of imide groups is 1. The molecule has 1 saturated heterocycles. The van der Waals surface area contributed by atoms with Crippen molar-refractivity contribution in [3.63, 3.8) is 0 Å². The molecule has 0 bridgehead atoms. The van der Waals surface area contributed by atoms with Crippen molar-refractivity contribution in [3.8, 4) is 0 Å². The van der Waals surface area contributed by atoms with Crippen molar-refractivity contribution in [3.05, 3.63) is 36.9 Å². The number of urea groups is 1. The number of hydrogen-bond donors (Lipinski definition) is 1. The minimum absolute atomic E-state index is 0. The molecule has 1 unspecified atom stereocenters. The second-order valence-electron chi connectivity index (χ2n) is 7.35. The van der Waals surface area contributed by atoms with Gasteiger partial charge in [-0.15, -0.1) is 11.1 Å². The predicted molar refractivity (Wildman–Crippen MR) is 121 cm³/mol. The maximum absolute atomic E-state index is 11.7. The number of rotatable bonds is 8. The average Bonchev–Trinajstić information content (AvgIpc) is 2.96. The molecule has 1 aliphatic heterocycles. The van der Waals surface area contributed by atoms with Gasteiger partial charge >= 0.3 is 35.6 Å². The van der Waals surface area contributed by atoms with Gasteiger partial charge in [-0.05, 0) is 31.2 Å². The molecule has 0 spiro atoms. The molecule has 0 aliphatic carbocycles. The van der Waals surface area contributed by atoms with Crippen LogP contribution in [-0.2, 0) is 20.8 Å². The third-order valence-electron chi connectivity index (χ3n) is 5.37. The summed E-state index contributed by atoms with van der Waals surface area (Å²) in [4.78, 5) is 48.5. The molecule has 1 fully saturated rings. The average molecular weight is 454 g/mol. The minimum atomic E-state index is -0.323. The van der Waals surface area contributed by atoms with E-state index in [0.29, 0.717) is 23.6 Å². The van der Waals surface area contributed by atoms with E-state index >= 15 is 0 Å². The zero-order valence-electron chi connectivity index (χ0n) is 20.0. The molecular weight excluding hydrogens is 419 g/mol. The molecule has 0 aromatic carbocycles. The van der Waals surface area contributed by atoms with E-state index in [9.17, 15) is 14.4 Å². The zero-order chi connectivity index (χ0) is 24.1. The van der Waals surface area contributed by atoms with Crippen molar-refractivity contribution in [2.75, 3.05) is 19.8 Å². The van der Waals surface area contributed by atoms with Gasteiger partial charge in [-0.25, -0.2) is 4.79 Å². The second kappa shape index (κ2) is 16.8. The Morgan fingerprint density at radius 2 is 1.81 bits per heavy atom. The summed E-state index contributed by atoms with van der Waals surface area (Å²) in [5.74, 6) is 0.190. The summed E-state index contributed by atoms with van der Waals surface area (Å²) in [5.41, 5.74) is 8.31. The van der Waals surface area contributed by atoms with Crippen LogP contribution in [0.5, 0.6) is 0 Å².